The molecule has 1 N–H and O–H groups in total. The van der Waals surface area contributed by atoms with Gasteiger partial charge in [-0.3, -0.25) is 0 Å². The normalized spacial score (nSPS) is 15.4. The lowest BCUT2D eigenvalue weighted by Crippen LogP contribution is -2.27. The summed E-state index contributed by atoms with van der Waals surface area (Å²) in [5, 5.41) is 4.37. The quantitative estimate of drug-likeness (QED) is 0.813. The molecule has 0 aromatic heterocycles. The molecule has 19 heavy (non-hydrogen) atoms. The fraction of sp³-hybridized carbons (Fsp3) is 0.286. The maximum atomic E-state index is 6.25. The molecule has 3 nitrogen and oxygen atoms in total. The molecular formula is C14H16Cl2N2O. The molecule has 0 radical (unpaired) electrons. The largest absolute Gasteiger partial charge is 0.373 e. The van der Waals surface area contributed by atoms with Crippen LogP contribution in [0, 0.1) is 0 Å². The predicted octanol–water partition coefficient (Wildman–Crippen LogP) is 3.57. The van der Waals surface area contributed by atoms with Crippen LogP contribution in [0.1, 0.15) is 11.7 Å². The molecule has 0 saturated carbocycles. The summed E-state index contributed by atoms with van der Waals surface area (Å²) in [6.45, 7) is 5.65. The first-order valence-electron chi connectivity index (χ1n) is 6.02. The first kappa shape index (κ1) is 14.3. The Morgan fingerprint density at radius 2 is 2.32 bits per heavy atom. The minimum Gasteiger partial charge on any atom is -0.373 e. The molecule has 0 aliphatic carbocycles. The topological polar surface area (TPSA) is 24.5 Å². The van der Waals surface area contributed by atoms with E-state index in [2.05, 4.69) is 16.8 Å². The summed E-state index contributed by atoms with van der Waals surface area (Å²) in [5.41, 5.74) is 0.938. The molecule has 0 unspecified atom stereocenters. The minimum atomic E-state index is -0.118. The number of halogens is 2. The molecule has 1 aromatic rings. The molecule has 2 rings (SSSR count). The molecule has 102 valence electrons. The van der Waals surface area contributed by atoms with Crippen LogP contribution in [0.5, 0.6) is 0 Å². The second kappa shape index (κ2) is 6.85. The first-order chi connectivity index (χ1) is 9.20. The highest BCUT2D eigenvalue weighted by Gasteiger charge is 2.18. The third kappa shape index (κ3) is 3.90. The molecule has 1 aliphatic rings. The van der Waals surface area contributed by atoms with Crippen LogP contribution in [0.25, 0.3) is 0 Å². The Labute approximate surface area is 123 Å². The van der Waals surface area contributed by atoms with E-state index in [1.54, 1.807) is 12.1 Å². The van der Waals surface area contributed by atoms with Crippen LogP contribution >= 0.6 is 23.2 Å². The number of ether oxygens (including phenoxy) is 1. The maximum absolute atomic E-state index is 6.25. The van der Waals surface area contributed by atoms with Crippen molar-refractivity contribution in [2.75, 3.05) is 19.8 Å². The Bertz CT molecular complexity index is 477. The molecule has 5 heteroatoms. The van der Waals surface area contributed by atoms with Crippen molar-refractivity contribution in [3.05, 3.63) is 58.9 Å². The number of rotatable bonds is 6. The smallest absolute Gasteiger partial charge is 0.102 e. The van der Waals surface area contributed by atoms with Crippen molar-refractivity contribution in [3.63, 3.8) is 0 Å². The Balaban J connectivity index is 2.15. The summed E-state index contributed by atoms with van der Waals surface area (Å²) in [5.74, 6) is 0. The van der Waals surface area contributed by atoms with Crippen molar-refractivity contribution in [2.45, 2.75) is 6.10 Å². The number of hydrogen-bond acceptors (Lipinski definition) is 3. The molecule has 1 aliphatic heterocycles. The minimum absolute atomic E-state index is 0.118. The zero-order valence-corrected chi connectivity index (χ0v) is 12.0. The van der Waals surface area contributed by atoms with Crippen molar-refractivity contribution in [1.29, 1.82) is 0 Å². The average molecular weight is 299 g/mol. The zero-order valence-electron chi connectivity index (χ0n) is 10.5. The summed E-state index contributed by atoms with van der Waals surface area (Å²) in [7, 11) is 0. The molecule has 1 aromatic carbocycles. The van der Waals surface area contributed by atoms with Crippen molar-refractivity contribution in [2.24, 2.45) is 0 Å². The Hall–Kier alpha value is -1.16. The third-order valence-electron chi connectivity index (χ3n) is 2.82. The van der Waals surface area contributed by atoms with Gasteiger partial charge in [-0.25, -0.2) is 0 Å². The van der Waals surface area contributed by atoms with Crippen molar-refractivity contribution < 1.29 is 4.74 Å². The zero-order chi connectivity index (χ0) is 13.7. The lowest BCUT2D eigenvalue weighted by atomic mass is 10.1. The molecule has 0 fully saturated rings. The van der Waals surface area contributed by atoms with Crippen LogP contribution in [-0.2, 0) is 4.74 Å². The van der Waals surface area contributed by atoms with E-state index < -0.39 is 0 Å². The standard InChI is InChI=1S/C14H16Cl2N2O/c1-2-7-19-14(9-18-6-5-17-10-18)12-4-3-11(15)8-13(12)16/h2-6,8,14,17H,1,7,9-10H2/t14-/m1/s1. The van der Waals surface area contributed by atoms with Gasteiger partial charge in [0.05, 0.1) is 13.3 Å². The van der Waals surface area contributed by atoms with Crippen LogP contribution in [0.15, 0.2) is 43.3 Å². The predicted molar refractivity (Wildman–Crippen MR) is 79.2 cm³/mol. The summed E-state index contributed by atoms with van der Waals surface area (Å²) in [4.78, 5) is 2.12. The van der Waals surface area contributed by atoms with Gasteiger partial charge in [-0.15, -0.1) is 6.58 Å². The average Bonchev–Trinajstić information content (AvgIpc) is 2.88. The summed E-state index contributed by atoms with van der Waals surface area (Å²) in [6.07, 6.45) is 5.52. The van der Waals surface area contributed by atoms with Crippen LogP contribution in [0.2, 0.25) is 10.0 Å². The monoisotopic (exact) mass is 298 g/mol. The van der Waals surface area contributed by atoms with E-state index in [1.807, 2.05) is 24.5 Å². The number of nitrogens with zero attached hydrogens (tertiary/aromatic N) is 1. The highest BCUT2D eigenvalue weighted by Crippen LogP contribution is 2.29. The van der Waals surface area contributed by atoms with E-state index in [0.717, 1.165) is 18.8 Å². The Kier molecular flexibility index (Phi) is 5.14. The van der Waals surface area contributed by atoms with Gasteiger partial charge in [0.25, 0.3) is 0 Å². The van der Waals surface area contributed by atoms with Gasteiger partial charge in [-0.1, -0.05) is 35.3 Å². The SMILES string of the molecule is C=CCO[C@H](CN1C=CNC1)c1ccc(Cl)cc1Cl. The Morgan fingerprint density at radius 1 is 1.47 bits per heavy atom. The van der Waals surface area contributed by atoms with Gasteiger partial charge in [0, 0.05) is 34.6 Å². The van der Waals surface area contributed by atoms with Gasteiger partial charge in [0.2, 0.25) is 0 Å². The van der Waals surface area contributed by atoms with Gasteiger partial charge in [-0.05, 0) is 12.1 Å². The van der Waals surface area contributed by atoms with E-state index in [4.69, 9.17) is 27.9 Å². The van der Waals surface area contributed by atoms with Crippen LogP contribution < -0.4 is 5.32 Å². The molecule has 1 atom stereocenters. The van der Waals surface area contributed by atoms with Crippen LogP contribution in [0.3, 0.4) is 0 Å². The van der Waals surface area contributed by atoms with Crippen molar-refractivity contribution in [3.8, 4) is 0 Å². The highest BCUT2D eigenvalue weighted by molar-refractivity contribution is 6.35. The third-order valence-corrected chi connectivity index (χ3v) is 3.38. The number of nitrogens with one attached hydrogen (secondary N) is 1. The fourth-order valence-corrected chi connectivity index (χ4v) is 2.44. The van der Waals surface area contributed by atoms with E-state index in [1.165, 1.54) is 0 Å². The maximum Gasteiger partial charge on any atom is 0.102 e. The summed E-state index contributed by atoms with van der Waals surface area (Å²) >= 11 is 12.2. The Morgan fingerprint density at radius 3 is 2.95 bits per heavy atom. The molecule has 0 saturated heterocycles. The van der Waals surface area contributed by atoms with E-state index in [-0.39, 0.29) is 6.10 Å². The lowest BCUT2D eigenvalue weighted by Gasteiger charge is -2.24. The van der Waals surface area contributed by atoms with Gasteiger partial charge in [0.1, 0.15) is 6.10 Å². The van der Waals surface area contributed by atoms with E-state index in [9.17, 15) is 0 Å². The highest BCUT2D eigenvalue weighted by atomic mass is 35.5. The van der Waals surface area contributed by atoms with E-state index in [0.29, 0.717) is 16.7 Å². The second-order valence-corrected chi connectivity index (χ2v) is 5.07. The molecule has 0 spiro atoms. The van der Waals surface area contributed by atoms with Gasteiger partial charge < -0.3 is 15.0 Å². The number of benzene rings is 1. The molecular weight excluding hydrogens is 283 g/mol. The first-order valence-corrected chi connectivity index (χ1v) is 6.78. The van der Waals surface area contributed by atoms with Crippen molar-refractivity contribution in [1.82, 2.24) is 10.2 Å². The van der Waals surface area contributed by atoms with Crippen LogP contribution in [0.4, 0.5) is 0 Å². The summed E-state index contributed by atoms with van der Waals surface area (Å²) < 4.78 is 5.81. The molecule has 0 bridgehead atoms. The van der Waals surface area contributed by atoms with Crippen LogP contribution in [-0.4, -0.2) is 24.7 Å². The number of hydrogen-bond donors (Lipinski definition) is 1. The van der Waals surface area contributed by atoms with Gasteiger partial charge >= 0.3 is 0 Å². The van der Waals surface area contributed by atoms with Gasteiger partial charge in [-0.2, -0.15) is 0 Å². The lowest BCUT2D eigenvalue weighted by molar-refractivity contribution is 0.0538. The molecule has 0 amide bonds. The van der Waals surface area contributed by atoms with Crippen molar-refractivity contribution >= 4 is 23.2 Å². The fourth-order valence-electron chi connectivity index (χ4n) is 1.91. The van der Waals surface area contributed by atoms with Gasteiger partial charge in [0.15, 0.2) is 0 Å². The second-order valence-electron chi connectivity index (χ2n) is 4.23. The van der Waals surface area contributed by atoms with E-state index >= 15 is 0 Å². The summed E-state index contributed by atoms with van der Waals surface area (Å²) in [6, 6.07) is 5.47. The molecule has 1 heterocycles.